The van der Waals surface area contributed by atoms with E-state index in [2.05, 4.69) is 4.98 Å². The van der Waals surface area contributed by atoms with Gasteiger partial charge in [0, 0.05) is 12.1 Å². The lowest BCUT2D eigenvalue weighted by molar-refractivity contribution is 0.476. The number of phenols is 1. The van der Waals surface area contributed by atoms with Crippen LogP contribution in [-0.4, -0.2) is 14.7 Å². The van der Waals surface area contributed by atoms with E-state index in [1.54, 1.807) is 29.8 Å². The fourth-order valence-electron chi connectivity index (χ4n) is 2.09. The van der Waals surface area contributed by atoms with E-state index in [9.17, 15) is 9.50 Å². The molecular weight excluding hydrogens is 267 g/mol. The van der Waals surface area contributed by atoms with Gasteiger partial charge in [0.25, 0.3) is 0 Å². The number of nitrogens with zero attached hydrogens (tertiary/aromatic N) is 2. The van der Waals surface area contributed by atoms with Crippen molar-refractivity contribution < 1.29 is 9.50 Å². The normalized spacial score (nSPS) is 11.1. The predicted octanol–water partition coefficient (Wildman–Crippen LogP) is 3.74. The van der Waals surface area contributed by atoms with E-state index in [-0.39, 0.29) is 11.6 Å². The van der Waals surface area contributed by atoms with E-state index in [0.717, 1.165) is 0 Å². The molecule has 0 aliphatic rings. The first kappa shape index (κ1) is 12.0. The molecule has 3 nitrogen and oxygen atoms in total. The Morgan fingerprint density at radius 2 is 2.00 bits per heavy atom. The number of benzene rings is 2. The maximum Gasteiger partial charge on any atom is 0.144 e. The minimum atomic E-state index is -0.322. The Hall–Kier alpha value is -2.07. The average molecular weight is 277 g/mol. The minimum Gasteiger partial charge on any atom is -0.507 e. The summed E-state index contributed by atoms with van der Waals surface area (Å²) in [6.07, 6.45) is 0. The molecule has 3 aromatic rings. The smallest absolute Gasteiger partial charge is 0.144 e. The molecule has 1 N–H and O–H groups in total. The quantitative estimate of drug-likeness (QED) is 0.735. The first-order valence-electron chi connectivity index (χ1n) is 5.67. The number of imidazole rings is 1. The van der Waals surface area contributed by atoms with Crippen LogP contribution < -0.4 is 0 Å². The fraction of sp³-hybridized carbons (Fsp3) is 0.0714. The molecule has 19 heavy (non-hydrogen) atoms. The summed E-state index contributed by atoms with van der Waals surface area (Å²) in [5, 5.41) is 10.4. The Kier molecular flexibility index (Phi) is 2.68. The van der Waals surface area contributed by atoms with E-state index in [0.29, 0.717) is 27.4 Å². The third kappa shape index (κ3) is 1.94. The minimum absolute atomic E-state index is 0.0864. The molecular formula is C14H10ClFN2O. The van der Waals surface area contributed by atoms with E-state index in [4.69, 9.17) is 11.6 Å². The lowest BCUT2D eigenvalue weighted by Crippen LogP contribution is -1.93. The van der Waals surface area contributed by atoms with Crippen molar-refractivity contribution in [3.8, 4) is 17.1 Å². The molecule has 0 saturated heterocycles. The van der Waals surface area contributed by atoms with Crippen molar-refractivity contribution in [2.24, 2.45) is 7.05 Å². The molecule has 0 unspecified atom stereocenters. The fourth-order valence-corrected chi connectivity index (χ4v) is 2.26. The highest BCUT2D eigenvalue weighted by molar-refractivity contribution is 6.30. The summed E-state index contributed by atoms with van der Waals surface area (Å²) in [5.41, 5.74) is 1.85. The first-order chi connectivity index (χ1) is 9.06. The predicted molar refractivity (Wildman–Crippen MR) is 72.8 cm³/mol. The van der Waals surface area contributed by atoms with Crippen LogP contribution in [0.3, 0.4) is 0 Å². The molecule has 0 saturated carbocycles. The lowest BCUT2D eigenvalue weighted by atomic mass is 10.2. The molecule has 0 bridgehead atoms. The standard InChI is InChI=1S/C14H10ClFN2O/c1-18-12-7-9(16)3-4-11(12)17-14(18)10-6-8(15)2-5-13(10)19/h2-7,19H,1H3. The number of aromatic hydroxyl groups is 1. The van der Waals surface area contributed by atoms with Crippen LogP contribution in [0.5, 0.6) is 5.75 Å². The van der Waals surface area contributed by atoms with Gasteiger partial charge in [0.15, 0.2) is 0 Å². The number of hydrogen-bond acceptors (Lipinski definition) is 2. The van der Waals surface area contributed by atoms with Crippen LogP contribution in [0, 0.1) is 5.82 Å². The van der Waals surface area contributed by atoms with Crippen LogP contribution >= 0.6 is 11.6 Å². The van der Waals surface area contributed by atoms with Crippen molar-refractivity contribution in [2.75, 3.05) is 0 Å². The number of fused-ring (bicyclic) bond motifs is 1. The SMILES string of the molecule is Cn1c(-c2cc(Cl)ccc2O)nc2ccc(F)cc21. The van der Waals surface area contributed by atoms with Gasteiger partial charge in [-0.15, -0.1) is 0 Å². The Balaban J connectivity index is 2.31. The number of aryl methyl sites for hydroxylation is 1. The Morgan fingerprint density at radius 3 is 2.79 bits per heavy atom. The second-order valence-corrected chi connectivity index (χ2v) is 4.73. The molecule has 1 heterocycles. The third-order valence-electron chi connectivity index (χ3n) is 3.04. The summed E-state index contributed by atoms with van der Waals surface area (Å²) in [6.45, 7) is 0. The molecule has 0 amide bonds. The second kappa shape index (κ2) is 4.24. The summed E-state index contributed by atoms with van der Waals surface area (Å²) in [5.74, 6) is 0.307. The van der Waals surface area contributed by atoms with Gasteiger partial charge in [0.05, 0.1) is 16.6 Å². The monoisotopic (exact) mass is 276 g/mol. The van der Waals surface area contributed by atoms with Crippen molar-refractivity contribution in [1.29, 1.82) is 0 Å². The zero-order chi connectivity index (χ0) is 13.6. The molecule has 0 atom stereocenters. The van der Waals surface area contributed by atoms with Gasteiger partial charge in [0.2, 0.25) is 0 Å². The van der Waals surface area contributed by atoms with Gasteiger partial charge in [-0.1, -0.05) is 11.6 Å². The molecule has 0 spiro atoms. The summed E-state index contributed by atoms with van der Waals surface area (Å²) < 4.78 is 15.0. The van der Waals surface area contributed by atoms with Crippen molar-refractivity contribution in [3.63, 3.8) is 0 Å². The zero-order valence-corrected chi connectivity index (χ0v) is 10.8. The number of aromatic nitrogens is 2. The number of phenolic OH excluding ortho intramolecular Hbond substituents is 1. The van der Waals surface area contributed by atoms with Crippen molar-refractivity contribution in [2.45, 2.75) is 0 Å². The number of halogens is 2. The second-order valence-electron chi connectivity index (χ2n) is 4.29. The number of rotatable bonds is 1. The highest BCUT2D eigenvalue weighted by Gasteiger charge is 2.14. The highest BCUT2D eigenvalue weighted by Crippen LogP contribution is 2.32. The molecule has 5 heteroatoms. The Morgan fingerprint density at radius 1 is 1.21 bits per heavy atom. The zero-order valence-electron chi connectivity index (χ0n) is 10.1. The van der Waals surface area contributed by atoms with E-state index < -0.39 is 0 Å². The maximum absolute atomic E-state index is 13.3. The van der Waals surface area contributed by atoms with Gasteiger partial charge in [-0.05, 0) is 36.4 Å². The van der Waals surface area contributed by atoms with Gasteiger partial charge >= 0.3 is 0 Å². The van der Waals surface area contributed by atoms with E-state index in [1.165, 1.54) is 18.2 Å². The number of hydrogen-bond donors (Lipinski definition) is 1. The Bertz CT molecular complexity index is 782. The van der Waals surface area contributed by atoms with Crippen LogP contribution in [0.4, 0.5) is 4.39 Å². The molecule has 0 fully saturated rings. The molecule has 2 aromatic carbocycles. The summed E-state index contributed by atoms with van der Waals surface area (Å²) in [7, 11) is 1.77. The lowest BCUT2D eigenvalue weighted by Gasteiger charge is -2.05. The van der Waals surface area contributed by atoms with Crippen molar-refractivity contribution >= 4 is 22.6 Å². The Labute approximate surface area is 113 Å². The van der Waals surface area contributed by atoms with Crippen LogP contribution in [-0.2, 0) is 7.05 Å². The molecule has 0 aliphatic heterocycles. The van der Waals surface area contributed by atoms with Gasteiger partial charge in [0.1, 0.15) is 17.4 Å². The van der Waals surface area contributed by atoms with E-state index in [1.807, 2.05) is 0 Å². The molecule has 96 valence electrons. The van der Waals surface area contributed by atoms with Crippen LogP contribution in [0.2, 0.25) is 5.02 Å². The first-order valence-corrected chi connectivity index (χ1v) is 6.05. The van der Waals surface area contributed by atoms with E-state index >= 15 is 0 Å². The molecule has 1 aromatic heterocycles. The topological polar surface area (TPSA) is 38.0 Å². The van der Waals surface area contributed by atoms with Gasteiger partial charge in [-0.2, -0.15) is 0 Å². The van der Waals surface area contributed by atoms with Crippen molar-refractivity contribution in [1.82, 2.24) is 9.55 Å². The summed E-state index contributed by atoms with van der Waals surface area (Å²) in [6, 6.07) is 9.12. The van der Waals surface area contributed by atoms with Gasteiger partial charge in [-0.3, -0.25) is 0 Å². The third-order valence-corrected chi connectivity index (χ3v) is 3.28. The molecule has 0 aliphatic carbocycles. The van der Waals surface area contributed by atoms with Crippen LogP contribution in [0.1, 0.15) is 0 Å². The van der Waals surface area contributed by atoms with Gasteiger partial charge < -0.3 is 9.67 Å². The van der Waals surface area contributed by atoms with Crippen molar-refractivity contribution in [3.05, 3.63) is 47.2 Å². The summed E-state index contributed by atoms with van der Waals surface area (Å²) >= 11 is 5.93. The highest BCUT2D eigenvalue weighted by atomic mass is 35.5. The summed E-state index contributed by atoms with van der Waals surface area (Å²) in [4.78, 5) is 4.40. The average Bonchev–Trinajstić information content (AvgIpc) is 2.70. The maximum atomic E-state index is 13.3. The molecule has 0 radical (unpaired) electrons. The van der Waals surface area contributed by atoms with Gasteiger partial charge in [-0.25, -0.2) is 9.37 Å². The van der Waals surface area contributed by atoms with Crippen LogP contribution in [0.15, 0.2) is 36.4 Å². The largest absolute Gasteiger partial charge is 0.507 e. The van der Waals surface area contributed by atoms with Crippen LogP contribution in [0.25, 0.3) is 22.4 Å². The molecule has 3 rings (SSSR count).